The van der Waals surface area contributed by atoms with Crippen LogP contribution in [0.3, 0.4) is 0 Å². The maximum Gasteiger partial charge on any atom is 0.0564 e. The Kier molecular flexibility index (Phi) is 5.04. The van der Waals surface area contributed by atoms with E-state index in [4.69, 9.17) is 5.73 Å². The van der Waals surface area contributed by atoms with E-state index in [0.29, 0.717) is 0 Å². The smallest absolute Gasteiger partial charge is 0.0564 e. The summed E-state index contributed by atoms with van der Waals surface area (Å²) in [5.74, 6) is 0. The van der Waals surface area contributed by atoms with Gasteiger partial charge in [0, 0.05) is 0 Å². The molecule has 1 atom stereocenters. The third-order valence-electron chi connectivity index (χ3n) is 1.70. The fourth-order valence-electron chi connectivity index (χ4n) is 1.02. The van der Waals surface area contributed by atoms with Gasteiger partial charge in [0.1, 0.15) is 0 Å². The van der Waals surface area contributed by atoms with Crippen molar-refractivity contribution in [2.75, 3.05) is 20.3 Å². The van der Waals surface area contributed by atoms with Gasteiger partial charge in [0.15, 0.2) is 0 Å². The zero-order valence-corrected chi connectivity index (χ0v) is 8.14. The Morgan fingerprint density at radius 2 is 2.11 bits per heavy atom. The number of nitrogens with zero attached hydrogens (tertiary/aromatic N) is 1. The first kappa shape index (κ1) is 9.14. The van der Waals surface area contributed by atoms with Crippen molar-refractivity contribution in [2.24, 2.45) is 5.73 Å². The summed E-state index contributed by atoms with van der Waals surface area (Å²) in [4.78, 5) is 2.29. The van der Waals surface area contributed by atoms with Gasteiger partial charge in [-0.05, 0) is 32.3 Å². The van der Waals surface area contributed by atoms with Crippen molar-refractivity contribution in [3.05, 3.63) is 0 Å². The van der Waals surface area contributed by atoms with Crippen LogP contribution in [0.1, 0.15) is 13.3 Å². The van der Waals surface area contributed by atoms with Crippen molar-refractivity contribution in [2.45, 2.75) is 19.0 Å². The minimum atomic E-state index is -0.00810. The van der Waals surface area contributed by atoms with Crippen LogP contribution in [0.4, 0.5) is 0 Å². The van der Waals surface area contributed by atoms with Gasteiger partial charge >= 0.3 is 0 Å². The molecule has 0 aliphatic heterocycles. The highest BCUT2D eigenvalue weighted by Crippen LogP contribution is 1.94. The molecule has 2 nitrogen and oxygen atoms in total. The molecule has 0 amide bonds. The molecular formula is C6H18N2Si. The van der Waals surface area contributed by atoms with Crippen molar-refractivity contribution in [1.29, 1.82) is 0 Å². The van der Waals surface area contributed by atoms with Crippen molar-refractivity contribution in [3.8, 4) is 0 Å². The lowest BCUT2D eigenvalue weighted by atomic mass is 10.4. The van der Waals surface area contributed by atoms with Gasteiger partial charge in [0.05, 0.1) is 9.52 Å². The number of rotatable bonds is 4. The summed E-state index contributed by atoms with van der Waals surface area (Å²) in [6.07, 6.45) is 2.20. The molecule has 0 radical (unpaired) electrons. The molecule has 0 aromatic carbocycles. The second kappa shape index (κ2) is 4.96. The average molecular weight is 146 g/mol. The van der Waals surface area contributed by atoms with Gasteiger partial charge in [0.25, 0.3) is 0 Å². The standard InChI is InChI=1S/C6H18N2Si/c1-4-6(8(2)3)9-5-7/h6H,4-5,7,9H2,1-3H3. The van der Waals surface area contributed by atoms with Crippen LogP contribution in [-0.2, 0) is 0 Å². The molecule has 56 valence electrons. The molecule has 2 N–H and O–H groups in total. The molecule has 0 aliphatic carbocycles. The second-order valence-corrected chi connectivity index (χ2v) is 4.70. The first-order valence-corrected chi connectivity index (χ1v) is 5.40. The number of hydrogen-bond acceptors (Lipinski definition) is 2. The van der Waals surface area contributed by atoms with E-state index in [1.54, 1.807) is 0 Å². The lowest BCUT2D eigenvalue weighted by molar-refractivity contribution is 0.364. The van der Waals surface area contributed by atoms with Gasteiger partial charge in [-0.2, -0.15) is 0 Å². The quantitative estimate of drug-likeness (QED) is 0.535. The zero-order chi connectivity index (χ0) is 7.28. The van der Waals surface area contributed by atoms with E-state index in [0.717, 1.165) is 11.8 Å². The molecule has 0 saturated carbocycles. The van der Waals surface area contributed by atoms with E-state index in [1.165, 1.54) is 6.42 Å². The van der Waals surface area contributed by atoms with Crippen LogP contribution >= 0.6 is 0 Å². The maximum atomic E-state index is 5.48. The Morgan fingerprint density at radius 1 is 1.56 bits per heavy atom. The van der Waals surface area contributed by atoms with Crippen molar-refractivity contribution in [1.82, 2.24) is 4.90 Å². The summed E-state index contributed by atoms with van der Waals surface area (Å²) in [5, 5.41) is 0. The molecule has 0 aromatic heterocycles. The number of hydrogen-bond donors (Lipinski definition) is 1. The Bertz CT molecular complexity index is 66.1. The van der Waals surface area contributed by atoms with Gasteiger partial charge in [-0.25, -0.2) is 0 Å². The number of nitrogens with two attached hydrogens (primary N) is 1. The van der Waals surface area contributed by atoms with E-state index in [1.807, 2.05) is 0 Å². The highest BCUT2D eigenvalue weighted by atomic mass is 28.2. The minimum absolute atomic E-state index is 0.00810. The molecule has 9 heavy (non-hydrogen) atoms. The Balaban J connectivity index is 3.41. The second-order valence-electron chi connectivity index (χ2n) is 2.60. The van der Waals surface area contributed by atoms with Crippen LogP contribution in [0.2, 0.25) is 0 Å². The molecular weight excluding hydrogens is 128 g/mol. The summed E-state index contributed by atoms with van der Waals surface area (Å²) in [5.41, 5.74) is 6.29. The van der Waals surface area contributed by atoms with Gasteiger partial charge in [-0.1, -0.05) is 6.92 Å². The van der Waals surface area contributed by atoms with Crippen LogP contribution in [0.15, 0.2) is 0 Å². The molecule has 1 unspecified atom stereocenters. The molecule has 0 bridgehead atoms. The summed E-state index contributed by atoms with van der Waals surface area (Å²) in [6, 6.07) is 0. The largest absolute Gasteiger partial charge is 0.334 e. The van der Waals surface area contributed by atoms with E-state index in [-0.39, 0.29) is 9.52 Å². The highest BCUT2D eigenvalue weighted by Gasteiger charge is 2.06. The predicted octanol–water partition coefficient (Wildman–Crippen LogP) is -0.631. The normalized spacial score (nSPS) is 15.7. The Labute approximate surface area is 60.2 Å². The fraction of sp³-hybridized carbons (Fsp3) is 1.00. The van der Waals surface area contributed by atoms with Crippen LogP contribution in [0.5, 0.6) is 0 Å². The van der Waals surface area contributed by atoms with Gasteiger partial charge in [-0.3, -0.25) is 0 Å². The van der Waals surface area contributed by atoms with Crippen LogP contribution in [0.25, 0.3) is 0 Å². The monoisotopic (exact) mass is 146 g/mol. The van der Waals surface area contributed by atoms with Gasteiger partial charge < -0.3 is 10.6 Å². The molecule has 0 spiro atoms. The van der Waals surface area contributed by atoms with Crippen molar-refractivity contribution < 1.29 is 0 Å². The van der Waals surface area contributed by atoms with Crippen LogP contribution in [-0.4, -0.2) is 40.3 Å². The van der Waals surface area contributed by atoms with Crippen LogP contribution in [0, 0.1) is 0 Å². The first-order chi connectivity index (χ1) is 4.22. The summed E-state index contributed by atoms with van der Waals surface area (Å²) < 4.78 is 0. The van der Waals surface area contributed by atoms with E-state index >= 15 is 0 Å². The van der Waals surface area contributed by atoms with E-state index < -0.39 is 0 Å². The third-order valence-corrected chi connectivity index (χ3v) is 4.01. The van der Waals surface area contributed by atoms with Crippen LogP contribution < -0.4 is 5.73 Å². The molecule has 0 saturated heterocycles. The van der Waals surface area contributed by atoms with E-state index in [9.17, 15) is 0 Å². The topological polar surface area (TPSA) is 29.3 Å². The van der Waals surface area contributed by atoms with Gasteiger partial charge in [0.2, 0.25) is 0 Å². The highest BCUT2D eigenvalue weighted by molar-refractivity contribution is 6.37. The lowest BCUT2D eigenvalue weighted by Gasteiger charge is -2.21. The predicted molar refractivity (Wildman–Crippen MR) is 45.4 cm³/mol. The summed E-state index contributed by atoms with van der Waals surface area (Å²) >= 11 is 0. The first-order valence-electron chi connectivity index (χ1n) is 3.58. The lowest BCUT2D eigenvalue weighted by Crippen LogP contribution is -2.36. The zero-order valence-electron chi connectivity index (χ0n) is 6.72. The van der Waals surface area contributed by atoms with E-state index in [2.05, 4.69) is 25.9 Å². The maximum absolute atomic E-state index is 5.48. The Hall–Kier alpha value is 0.137. The molecule has 0 rings (SSSR count). The molecule has 0 aliphatic rings. The van der Waals surface area contributed by atoms with Crippen molar-refractivity contribution in [3.63, 3.8) is 0 Å². The van der Waals surface area contributed by atoms with Crippen molar-refractivity contribution >= 4 is 9.52 Å². The summed E-state index contributed by atoms with van der Waals surface area (Å²) in [6.45, 7) is 2.23. The molecule has 3 heteroatoms. The average Bonchev–Trinajstić information content (AvgIpc) is 1.82. The summed E-state index contributed by atoms with van der Waals surface area (Å²) in [7, 11) is 4.26. The molecule has 0 fully saturated rings. The SMILES string of the molecule is CCC([SiH2]CN)N(C)C. The molecule has 0 aromatic rings. The minimum Gasteiger partial charge on any atom is -0.334 e. The fourth-order valence-corrected chi connectivity index (χ4v) is 2.33. The van der Waals surface area contributed by atoms with Gasteiger partial charge in [-0.15, -0.1) is 0 Å². The Morgan fingerprint density at radius 3 is 2.22 bits per heavy atom. The molecule has 0 heterocycles. The third kappa shape index (κ3) is 3.67.